The molecule has 4 rings (SSSR count). The second-order valence-corrected chi connectivity index (χ2v) is 8.92. The van der Waals surface area contributed by atoms with Gasteiger partial charge in [-0.1, -0.05) is 43.3 Å². The molecule has 8 heteroatoms. The Balaban J connectivity index is 1.96. The molecule has 0 spiro atoms. The minimum atomic E-state index is -0.705. The Morgan fingerprint density at radius 2 is 1.56 bits per heavy atom. The summed E-state index contributed by atoms with van der Waals surface area (Å²) >= 11 is 0. The Hall–Kier alpha value is -3.52. The highest BCUT2D eigenvalue weighted by molar-refractivity contribution is 5.56. The lowest BCUT2D eigenvalue weighted by atomic mass is 9.68. The summed E-state index contributed by atoms with van der Waals surface area (Å²) in [7, 11) is 0. The molecule has 2 aromatic carbocycles. The van der Waals surface area contributed by atoms with E-state index in [4.69, 9.17) is 10.2 Å². The van der Waals surface area contributed by atoms with Crippen LogP contribution in [0.25, 0.3) is 0 Å². The van der Waals surface area contributed by atoms with Gasteiger partial charge in [-0.2, -0.15) is 0 Å². The number of hydrogen-bond acceptors (Lipinski definition) is 6. The maximum absolute atomic E-state index is 10.8. The molecule has 2 amide bonds. The summed E-state index contributed by atoms with van der Waals surface area (Å²) in [4.78, 5) is 21.7. The number of aryl methyl sites for hydroxylation is 3. The SMILES string of the molecule is CCc1nnc(C2(C[C@@H](C)N)c3ccc(CNC=O)cc3CCc3cc(CNC=O)ccc32)o1. The summed E-state index contributed by atoms with van der Waals surface area (Å²) in [5, 5.41) is 14.3. The van der Waals surface area contributed by atoms with E-state index < -0.39 is 5.41 Å². The molecule has 1 aliphatic carbocycles. The molecule has 0 radical (unpaired) electrons. The number of hydrogen-bond donors (Lipinski definition) is 3. The predicted octanol–water partition coefficient (Wildman–Crippen LogP) is 2.29. The molecule has 4 N–H and O–H groups in total. The number of carbonyl (C=O) groups excluding carboxylic acids is 2. The molecule has 0 bridgehead atoms. The van der Waals surface area contributed by atoms with Crippen LogP contribution in [0.4, 0.5) is 0 Å². The fourth-order valence-corrected chi connectivity index (χ4v) is 5.08. The summed E-state index contributed by atoms with van der Waals surface area (Å²) < 4.78 is 6.24. The van der Waals surface area contributed by atoms with E-state index in [0.29, 0.717) is 50.5 Å². The van der Waals surface area contributed by atoms with Crippen molar-refractivity contribution in [1.29, 1.82) is 0 Å². The molecule has 0 unspecified atom stereocenters. The van der Waals surface area contributed by atoms with E-state index in [9.17, 15) is 9.59 Å². The zero-order valence-corrected chi connectivity index (χ0v) is 19.6. The molecule has 1 atom stereocenters. The van der Waals surface area contributed by atoms with Crippen molar-refractivity contribution < 1.29 is 14.0 Å². The summed E-state index contributed by atoms with van der Waals surface area (Å²) in [6.45, 7) is 4.91. The van der Waals surface area contributed by atoms with Gasteiger partial charge in [0.1, 0.15) is 5.41 Å². The van der Waals surface area contributed by atoms with Crippen molar-refractivity contribution in [2.45, 2.75) is 64.1 Å². The monoisotopic (exact) mass is 461 g/mol. The van der Waals surface area contributed by atoms with Gasteiger partial charge >= 0.3 is 0 Å². The Morgan fingerprint density at radius 3 is 2.00 bits per heavy atom. The van der Waals surface area contributed by atoms with E-state index in [2.05, 4.69) is 45.1 Å². The lowest BCUT2D eigenvalue weighted by Gasteiger charge is -2.35. The van der Waals surface area contributed by atoms with Crippen LogP contribution in [0.3, 0.4) is 0 Å². The minimum absolute atomic E-state index is 0.136. The fourth-order valence-electron chi connectivity index (χ4n) is 5.08. The van der Waals surface area contributed by atoms with Gasteiger partial charge in [-0.25, -0.2) is 0 Å². The van der Waals surface area contributed by atoms with Gasteiger partial charge in [0.15, 0.2) is 0 Å². The number of amides is 2. The average Bonchev–Trinajstić information content (AvgIpc) is 3.29. The number of rotatable bonds is 10. The third kappa shape index (κ3) is 4.46. The van der Waals surface area contributed by atoms with Crippen molar-refractivity contribution in [3.63, 3.8) is 0 Å². The topological polar surface area (TPSA) is 123 Å². The standard InChI is InChI=1S/C26H31N5O3/c1-3-24-30-31-25(34-24)26(12-17(2)27)22-8-4-18(13-28-15-32)10-20(22)6-7-21-11-19(14-29-16-33)5-9-23(21)26/h4-5,8-11,15-17H,3,6-7,12-14,27H2,1-2H3,(H,28,32)(H,29,33)/t17-/m1/s1. The van der Waals surface area contributed by atoms with Crippen molar-refractivity contribution in [3.8, 4) is 0 Å². The van der Waals surface area contributed by atoms with Crippen molar-refractivity contribution in [3.05, 3.63) is 81.6 Å². The van der Waals surface area contributed by atoms with Gasteiger partial charge in [-0.15, -0.1) is 10.2 Å². The Kier molecular flexibility index (Phi) is 7.07. The molecule has 0 fully saturated rings. The van der Waals surface area contributed by atoms with Gasteiger partial charge < -0.3 is 20.8 Å². The van der Waals surface area contributed by atoms with E-state index in [-0.39, 0.29) is 6.04 Å². The van der Waals surface area contributed by atoms with Gasteiger partial charge in [-0.05, 0) is 59.6 Å². The van der Waals surface area contributed by atoms with Gasteiger partial charge in [-0.3, -0.25) is 9.59 Å². The van der Waals surface area contributed by atoms with Crippen molar-refractivity contribution in [2.75, 3.05) is 0 Å². The van der Waals surface area contributed by atoms with E-state index >= 15 is 0 Å². The van der Waals surface area contributed by atoms with Crippen LogP contribution < -0.4 is 16.4 Å². The molecule has 34 heavy (non-hydrogen) atoms. The van der Waals surface area contributed by atoms with Gasteiger partial charge in [0.2, 0.25) is 24.6 Å². The van der Waals surface area contributed by atoms with Crippen molar-refractivity contribution >= 4 is 12.8 Å². The second-order valence-electron chi connectivity index (χ2n) is 8.92. The minimum Gasteiger partial charge on any atom is -0.424 e. The maximum atomic E-state index is 10.8. The molecule has 3 aromatic rings. The molecule has 1 heterocycles. The van der Waals surface area contributed by atoms with Crippen LogP contribution in [-0.4, -0.2) is 29.1 Å². The van der Waals surface area contributed by atoms with Gasteiger partial charge in [0.25, 0.3) is 0 Å². The molecular formula is C26H31N5O3. The Morgan fingerprint density at radius 1 is 1.00 bits per heavy atom. The highest BCUT2D eigenvalue weighted by Gasteiger charge is 2.46. The first-order valence-electron chi connectivity index (χ1n) is 11.7. The molecule has 0 saturated heterocycles. The number of nitrogens with zero attached hydrogens (tertiary/aromatic N) is 2. The van der Waals surface area contributed by atoms with Crippen LogP contribution in [0.1, 0.15) is 65.4 Å². The molecule has 8 nitrogen and oxygen atoms in total. The second kappa shape index (κ2) is 10.2. The number of nitrogens with one attached hydrogen (secondary N) is 2. The normalized spacial score (nSPS) is 14.9. The smallest absolute Gasteiger partial charge is 0.231 e. The van der Waals surface area contributed by atoms with Gasteiger partial charge in [0, 0.05) is 25.6 Å². The highest BCUT2D eigenvalue weighted by Crippen LogP contribution is 2.47. The van der Waals surface area contributed by atoms with E-state index in [1.54, 1.807) is 0 Å². The Bertz CT molecular complexity index is 1110. The quantitative estimate of drug-likeness (QED) is 0.398. The van der Waals surface area contributed by atoms with E-state index in [1.807, 2.05) is 26.0 Å². The van der Waals surface area contributed by atoms with Crippen LogP contribution >= 0.6 is 0 Å². The number of fused-ring (bicyclic) bond motifs is 2. The highest BCUT2D eigenvalue weighted by atomic mass is 16.4. The summed E-state index contributed by atoms with van der Waals surface area (Å²) in [6.07, 6.45) is 4.29. The first kappa shape index (κ1) is 23.6. The van der Waals surface area contributed by atoms with Gasteiger partial charge in [0.05, 0.1) is 0 Å². The number of nitrogens with two attached hydrogens (primary N) is 1. The molecule has 0 aliphatic heterocycles. The number of carbonyl (C=O) groups is 2. The number of benzene rings is 2. The van der Waals surface area contributed by atoms with E-state index in [0.717, 1.165) is 35.1 Å². The largest absolute Gasteiger partial charge is 0.424 e. The third-order valence-electron chi connectivity index (χ3n) is 6.46. The molecule has 1 aliphatic rings. The average molecular weight is 462 g/mol. The van der Waals surface area contributed by atoms with Crippen molar-refractivity contribution in [2.24, 2.45) is 5.73 Å². The van der Waals surface area contributed by atoms with Crippen LogP contribution in [0, 0.1) is 0 Å². The predicted molar refractivity (Wildman–Crippen MR) is 128 cm³/mol. The fraction of sp³-hybridized carbons (Fsp3) is 0.385. The lowest BCUT2D eigenvalue weighted by Crippen LogP contribution is -2.37. The van der Waals surface area contributed by atoms with Crippen LogP contribution in [-0.2, 0) is 47.4 Å². The molecule has 1 aromatic heterocycles. The first-order valence-corrected chi connectivity index (χ1v) is 11.7. The zero-order valence-electron chi connectivity index (χ0n) is 19.6. The first-order chi connectivity index (χ1) is 16.5. The zero-order chi connectivity index (χ0) is 24.1. The molecule has 0 saturated carbocycles. The third-order valence-corrected chi connectivity index (χ3v) is 6.46. The Labute approximate surface area is 199 Å². The number of aromatic nitrogens is 2. The molecular weight excluding hydrogens is 430 g/mol. The maximum Gasteiger partial charge on any atom is 0.231 e. The van der Waals surface area contributed by atoms with Crippen LogP contribution in [0.2, 0.25) is 0 Å². The van der Waals surface area contributed by atoms with Crippen molar-refractivity contribution in [1.82, 2.24) is 20.8 Å². The summed E-state index contributed by atoms with van der Waals surface area (Å²) in [6, 6.07) is 12.5. The lowest BCUT2D eigenvalue weighted by molar-refractivity contribution is -0.110. The van der Waals surface area contributed by atoms with E-state index in [1.165, 1.54) is 11.1 Å². The summed E-state index contributed by atoms with van der Waals surface area (Å²) in [5.74, 6) is 1.13. The van der Waals surface area contributed by atoms with Crippen LogP contribution in [0.5, 0.6) is 0 Å². The van der Waals surface area contributed by atoms with Crippen LogP contribution in [0.15, 0.2) is 40.8 Å². The summed E-state index contributed by atoms with van der Waals surface area (Å²) in [5.41, 5.74) is 12.4. The molecule has 178 valence electrons.